The summed E-state index contributed by atoms with van der Waals surface area (Å²) in [5.74, 6) is 3.30. The number of guanidine groups is 1. The van der Waals surface area contributed by atoms with Gasteiger partial charge in [0.25, 0.3) is 0 Å². The lowest BCUT2D eigenvalue weighted by Crippen LogP contribution is -2.52. The van der Waals surface area contributed by atoms with E-state index in [4.69, 9.17) is 5.73 Å². The Morgan fingerprint density at radius 3 is 2.50 bits per heavy atom. The number of sulfonamides is 1. The molecule has 0 bridgehead atoms. The van der Waals surface area contributed by atoms with Gasteiger partial charge in [-0.15, -0.1) is 24.0 Å². The number of halogens is 1. The van der Waals surface area contributed by atoms with E-state index in [1.807, 2.05) is 11.8 Å². The van der Waals surface area contributed by atoms with Crippen molar-refractivity contribution in [2.24, 2.45) is 16.6 Å². The molecule has 0 spiro atoms. The second-order valence-electron chi connectivity index (χ2n) is 4.88. The van der Waals surface area contributed by atoms with Crippen LogP contribution in [0.2, 0.25) is 0 Å². The molecule has 0 radical (unpaired) electrons. The molecule has 0 aromatic carbocycles. The Hall–Kier alpha value is 0.260. The van der Waals surface area contributed by atoms with Crippen molar-refractivity contribution in [3.63, 3.8) is 0 Å². The van der Waals surface area contributed by atoms with E-state index in [9.17, 15) is 8.42 Å². The van der Waals surface area contributed by atoms with Crippen molar-refractivity contribution in [3.05, 3.63) is 0 Å². The van der Waals surface area contributed by atoms with Crippen LogP contribution < -0.4 is 5.73 Å². The molecule has 2 N–H and O–H groups in total. The number of hydrogen-bond donors (Lipinski definition) is 1. The fraction of sp³-hybridized carbons (Fsp3) is 0.909. The highest BCUT2D eigenvalue weighted by Crippen LogP contribution is 2.20. The van der Waals surface area contributed by atoms with Crippen LogP contribution in [0.5, 0.6) is 0 Å². The van der Waals surface area contributed by atoms with E-state index < -0.39 is 10.0 Å². The van der Waals surface area contributed by atoms with Crippen molar-refractivity contribution in [2.75, 3.05) is 50.0 Å². The molecule has 0 unspecified atom stereocenters. The van der Waals surface area contributed by atoms with E-state index in [1.54, 1.807) is 6.92 Å². The second-order valence-corrected chi connectivity index (χ2v) is 8.36. The van der Waals surface area contributed by atoms with Gasteiger partial charge in [-0.1, -0.05) is 0 Å². The van der Waals surface area contributed by atoms with E-state index in [1.165, 1.54) is 4.31 Å². The molecular formula is C11H23IN4O2S2. The fourth-order valence-electron chi connectivity index (χ4n) is 2.16. The minimum Gasteiger partial charge on any atom is -0.370 e. The highest BCUT2D eigenvalue weighted by molar-refractivity contribution is 14.0. The number of nitrogens with zero attached hydrogens (tertiary/aromatic N) is 3. The molecule has 2 fully saturated rings. The zero-order valence-corrected chi connectivity index (χ0v) is 15.7. The normalized spacial score (nSPS) is 22.2. The Kier molecular flexibility index (Phi) is 7.36. The third-order valence-corrected chi connectivity index (χ3v) is 6.29. The van der Waals surface area contributed by atoms with E-state index in [0.717, 1.165) is 24.6 Å². The SMILES string of the molecule is CCS(=O)(=O)N1CC(CN=C(N)N2CCSCC2)C1.I. The first kappa shape index (κ1) is 18.3. The minimum absolute atomic E-state index is 0. The van der Waals surface area contributed by atoms with Crippen LogP contribution in [0.15, 0.2) is 4.99 Å². The van der Waals surface area contributed by atoms with Crippen LogP contribution >= 0.6 is 35.7 Å². The smallest absolute Gasteiger partial charge is 0.213 e. The maximum atomic E-state index is 11.6. The number of nitrogens with two attached hydrogens (primary N) is 1. The minimum atomic E-state index is -3.01. The number of aliphatic imine (C=N–C) groups is 1. The average molecular weight is 434 g/mol. The van der Waals surface area contributed by atoms with Crippen LogP contribution in [-0.4, -0.2) is 73.6 Å². The Balaban J connectivity index is 0.00000200. The molecular weight excluding hydrogens is 411 g/mol. The molecule has 0 aromatic rings. The molecule has 20 heavy (non-hydrogen) atoms. The number of hydrogen-bond acceptors (Lipinski definition) is 4. The lowest BCUT2D eigenvalue weighted by Gasteiger charge is -2.37. The monoisotopic (exact) mass is 434 g/mol. The Morgan fingerprint density at radius 1 is 1.35 bits per heavy atom. The molecule has 2 heterocycles. The molecule has 0 atom stereocenters. The lowest BCUT2D eigenvalue weighted by molar-refractivity contribution is 0.207. The molecule has 9 heteroatoms. The predicted molar refractivity (Wildman–Crippen MR) is 95.3 cm³/mol. The molecule has 2 rings (SSSR count). The first-order chi connectivity index (χ1) is 9.03. The molecule has 0 saturated carbocycles. The zero-order valence-electron chi connectivity index (χ0n) is 11.7. The molecule has 118 valence electrons. The topological polar surface area (TPSA) is 79.0 Å². The summed E-state index contributed by atoms with van der Waals surface area (Å²) in [4.78, 5) is 6.51. The summed E-state index contributed by atoms with van der Waals surface area (Å²) in [7, 11) is -3.01. The largest absolute Gasteiger partial charge is 0.370 e. The van der Waals surface area contributed by atoms with Crippen molar-refractivity contribution in [2.45, 2.75) is 6.92 Å². The van der Waals surface area contributed by atoms with Gasteiger partial charge in [0.1, 0.15) is 0 Å². The van der Waals surface area contributed by atoms with Crippen molar-refractivity contribution >= 4 is 51.7 Å². The van der Waals surface area contributed by atoms with Crippen molar-refractivity contribution < 1.29 is 8.42 Å². The van der Waals surface area contributed by atoms with E-state index in [-0.39, 0.29) is 29.7 Å². The second kappa shape index (κ2) is 8.04. The van der Waals surface area contributed by atoms with Crippen molar-refractivity contribution in [1.29, 1.82) is 0 Å². The third-order valence-electron chi connectivity index (χ3n) is 3.53. The van der Waals surface area contributed by atoms with Gasteiger partial charge in [0.15, 0.2) is 5.96 Å². The van der Waals surface area contributed by atoms with Crippen molar-refractivity contribution in [1.82, 2.24) is 9.21 Å². The summed E-state index contributed by atoms with van der Waals surface area (Å²) < 4.78 is 24.7. The molecule has 2 saturated heterocycles. The Labute approximate surface area is 142 Å². The predicted octanol–water partition coefficient (Wildman–Crippen LogP) is 0.249. The van der Waals surface area contributed by atoms with Crippen LogP contribution in [0.1, 0.15) is 6.92 Å². The highest BCUT2D eigenvalue weighted by Gasteiger charge is 2.34. The van der Waals surface area contributed by atoms with Gasteiger partial charge in [-0.3, -0.25) is 4.99 Å². The maximum absolute atomic E-state index is 11.6. The van der Waals surface area contributed by atoms with Gasteiger partial charge in [-0.2, -0.15) is 11.8 Å². The van der Waals surface area contributed by atoms with Gasteiger partial charge >= 0.3 is 0 Å². The molecule has 0 aromatic heterocycles. The Morgan fingerprint density at radius 2 is 1.95 bits per heavy atom. The summed E-state index contributed by atoms with van der Waals surface area (Å²) in [5.41, 5.74) is 5.96. The summed E-state index contributed by atoms with van der Waals surface area (Å²) in [6, 6.07) is 0. The van der Waals surface area contributed by atoms with E-state index in [2.05, 4.69) is 9.89 Å². The average Bonchev–Trinajstić information content (AvgIpc) is 2.37. The summed E-state index contributed by atoms with van der Waals surface area (Å²) >= 11 is 1.94. The summed E-state index contributed by atoms with van der Waals surface area (Å²) in [6.07, 6.45) is 0. The molecule has 2 aliphatic rings. The molecule has 6 nitrogen and oxygen atoms in total. The Bertz CT molecular complexity index is 432. The first-order valence-corrected chi connectivity index (χ1v) is 9.39. The number of rotatable bonds is 4. The van der Waals surface area contributed by atoms with E-state index >= 15 is 0 Å². The van der Waals surface area contributed by atoms with Crippen molar-refractivity contribution in [3.8, 4) is 0 Å². The van der Waals surface area contributed by atoms with Gasteiger partial charge in [0.2, 0.25) is 10.0 Å². The summed E-state index contributed by atoms with van der Waals surface area (Å²) in [6.45, 7) is 5.39. The summed E-state index contributed by atoms with van der Waals surface area (Å²) in [5, 5.41) is 0. The van der Waals surface area contributed by atoms with Crippen LogP contribution in [0, 0.1) is 5.92 Å². The van der Waals surface area contributed by atoms with Crippen LogP contribution in [0.3, 0.4) is 0 Å². The lowest BCUT2D eigenvalue weighted by atomic mass is 10.0. The third kappa shape index (κ3) is 4.63. The maximum Gasteiger partial charge on any atom is 0.213 e. The zero-order chi connectivity index (χ0) is 13.9. The van der Waals surface area contributed by atoms with Crippen LogP contribution in [-0.2, 0) is 10.0 Å². The van der Waals surface area contributed by atoms with Gasteiger partial charge in [0.05, 0.1) is 5.75 Å². The standard InChI is InChI=1S/C11H22N4O2S2.HI/c1-2-19(16,17)15-8-10(9-15)7-13-11(12)14-3-5-18-6-4-14;/h10H,2-9H2,1H3,(H2,12,13);1H. The quantitative estimate of drug-likeness (QED) is 0.390. The van der Waals surface area contributed by atoms with Gasteiger partial charge in [-0.25, -0.2) is 12.7 Å². The van der Waals surface area contributed by atoms with E-state index in [0.29, 0.717) is 31.5 Å². The molecule has 2 aliphatic heterocycles. The highest BCUT2D eigenvalue weighted by atomic mass is 127. The first-order valence-electron chi connectivity index (χ1n) is 6.63. The van der Waals surface area contributed by atoms with Gasteiger partial charge in [-0.05, 0) is 6.92 Å². The van der Waals surface area contributed by atoms with Crippen LogP contribution in [0.25, 0.3) is 0 Å². The number of thioether (sulfide) groups is 1. The molecule has 0 amide bonds. The van der Waals surface area contributed by atoms with Crippen LogP contribution in [0.4, 0.5) is 0 Å². The molecule has 0 aliphatic carbocycles. The van der Waals surface area contributed by atoms with Gasteiger partial charge < -0.3 is 10.6 Å². The van der Waals surface area contributed by atoms with Gasteiger partial charge in [0, 0.05) is 50.1 Å². The fourth-order valence-corrected chi connectivity index (χ4v) is 4.31.